The first-order chi connectivity index (χ1) is 15.6. The fourth-order valence-corrected chi connectivity index (χ4v) is 3.49. The van der Waals surface area contributed by atoms with E-state index in [0.29, 0.717) is 5.56 Å². The molecular formula is C23H18ClF3N2O4. The lowest BCUT2D eigenvalue weighted by Gasteiger charge is -2.19. The number of hydrogen-bond acceptors (Lipinski definition) is 4. The second-order valence-corrected chi connectivity index (χ2v) is 7.41. The molecule has 0 spiro atoms. The molecule has 0 aliphatic heterocycles. The normalized spacial score (nSPS) is 12.2. The van der Waals surface area contributed by atoms with Gasteiger partial charge in [0.05, 0.1) is 30.7 Å². The summed E-state index contributed by atoms with van der Waals surface area (Å²) >= 11 is 6.16. The van der Waals surface area contributed by atoms with Gasteiger partial charge < -0.3 is 15.2 Å². The number of alkyl halides is 3. The van der Waals surface area contributed by atoms with Crippen LogP contribution in [0.3, 0.4) is 0 Å². The number of carbonyl (C=O) groups is 2. The molecule has 10 heteroatoms. The summed E-state index contributed by atoms with van der Waals surface area (Å²) < 4.78 is 44.6. The first kappa shape index (κ1) is 24.1. The largest absolute Gasteiger partial charge is 0.481 e. The predicted molar refractivity (Wildman–Crippen MR) is 115 cm³/mol. The number of rotatable bonds is 7. The first-order valence-corrected chi connectivity index (χ1v) is 9.96. The van der Waals surface area contributed by atoms with Crippen molar-refractivity contribution in [3.8, 4) is 17.0 Å². The maximum absolute atomic E-state index is 13.1. The van der Waals surface area contributed by atoms with E-state index < -0.39 is 36.1 Å². The molecule has 0 fully saturated rings. The fraction of sp³-hybridized carbons (Fsp3) is 0.174. The highest BCUT2D eigenvalue weighted by molar-refractivity contribution is 6.31. The van der Waals surface area contributed by atoms with Crippen LogP contribution in [0.25, 0.3) is 11.1 Å². The minimum atomic E-state index is -4.55. The minimum Gasteiger partial charge on any atom is -0.481 e. The third-order valence-electron chi connectivity index (χ3n) is 4.77. The van der Waals surface area contributed by atoms with Crippen LogP contribution in [0.5, 0.6) is 5.88 Å². The monoisotopic (exact) mass is 478 g/mol. The third-order valence-corrected chi connectivity index (χ3v) is 5.12. The summed E-state index contributed by atoms with van der Waals surface area (Å²) in [6.45, 7) is 0. The van der Waals surface area contributed by atoms with Crippen molar-refractivity contribution in [1.29, 1.82) is 0 Å². The lowest BCUT2D eigenvalue weighted by Crippen LogP contribution is -2.30. The van der Waals surface area contributed by atoms with Crippen LogP contribution in [0.4, 0.5) is 13.2 Å². The van der Waals surface area contributed by atoms with Crippen LogP contribution in [0.15, 0.2) is 60.8 Å². The minimum absolute atomic E-state index is 0.00524. The Morgan fingerprint density at radius 1 is 1.15 bits per heavy atom. The molecule has 1 aromatic heterocycles. The van der Waals surface area contributed by atoms with E-state index in [1.807, 2.05) is 0 Å². The van der Waals surface area contributed by atoms with E-state index in [1.165, 1.54) is 31.5 Å². The van der Waals surface area contributed by atoms with E-state index in [0.717, 1.165) is 12.1 Å². The molecule has 6 nitrogen and oxygen atoms in total. The van der Waals surface area contributed by atoms with E-state index in [1.54, 1.807) is 24.3 Å². The Morgan fingerprint density at radius 3 is 2.52 bits per heavy atom. The average molecular weight is 479 g/mol. The van der Waals surface area contributed by atoms with Crippen LogP contribution < -0.4 is 10.1 Å². The van der Waals surface area contributed by atoms with Crippen LogP contribution in [0.2, 0.25) is 5.02 Å². The average Bonchev–Trinajstić information content (AvgIpc) is 2.77. The van der Waals surface area contributed by atoms with E-state index in [9.17, 15) is 27.9 Å². The van der Waals surface area contributed by atoms with Crippen LogP contribution in [-0.2, 0) is 11.0 Å². The number of hydrogen-bond donors (Lipinski definition) is 2. The summed E-state index contributed by atoms with van der Waals surface area (Å²) in [5.41, 5.74) is -0.127. The second-order valence-electron chi connectivity index (χ2n) is 7.00. The van der Waals surface area contributed by atoms with E-state index in [4.69, 9.17) is 16.3 Å². The van der Waals surface area contributed by atoms with Crippen molar-refractivity contribution >= 4 is 23.5 Å². The fourth-order valence-electron chi connectivity index (χ4n) is 3.22. The molecule has 2 N–H and O–H groups in total. The summed E-state index contributed by atoms with van der Waals surface area (Å²) in [4.78, 5) is 28.3. The molecule has 1 atom stereocenters. The molecule has 0 bridgehead atoms. The second kappa shape index (κ2) is 9.91. The van der Waals surface area contributed by atoms with Gasteiger partial charge in [0.2, 0.25) is 5.88 Å². The van der Waals surface area contributed by atoms with Crippen LogP contribution in [0, 0.1) is 0 Å². The van der Waals surface area contributed by atoms with E-state index >= 15 is 0 Å². The number of carbonyl (C=O) groups excluding carboxylic acids is 1. The van der Waals surface area contributed by atoms with Gasteiger partial charge in [0.1, 0.15) is 0 Å². The molecule has 0 aliphatic carbocycles. The molecule has 172 valence electrons. The number of nitrogens with zero attached hydrogens (tertiary/aromatic N) is 1. The highest BCUT2D eigenvalue weighted by Gasteiger charge is 2.31. The van der Waals surface area contributed by atoms with Gasteiger partial charge in [0.15, 0.2) is 0 Å². The molecule has 1 amide bonds. The standard InChI is InChI=1S/C23H18ClF3N2O4/c1-33-22-17(13-5-4-6-15(9-13)23(25,26)27)10-14(12-28-22)21(32)29-19(11-20(30)31)16-7-2-3-8-18(16)24/h2-10,12,19H,11H2,1H3,(H,29,32)(H,30,31). The molecule has 33 heavy (non-hydrogen) atoms. The first-order valence-electron chi connectivity index (χ1n) is 9.59. The van der Waals surface area contributed by atoms with E-state index in [2.05, 4.69) is 10.3 Å². The molecule has 1 unspecified atom stereocenters. The maximum atomic E-state index is 13.1. The Balaban J connectivity index is 1.97. The van der Waals surface area contributed by atoms with Crippen molar-refractivity contribution in [2.75, 3.05) is 7.11 Å². The Morgan fingerprint density at radius 2 is 1.88 bits per heavy atom. The van der Waals surface area contributed by atoms with Crippen LogP contribution in [-0.4, -0.2) is 29.1 Å². The SMILES string of the molecule is COc1ncc(C(=O)NC(CC(=O)O)c2ccccc2Cl)cc1-c1cccc(C(F)(F)F)c1. The lowest BCUT2D eigenvalue weighted by molar-refractivity contribution is -0.138. The lowest BCUT2D eigenvalue weighted by atomic mass is 10.0. The number of aromatic nitrogens is 1. The van der Waals surface area contributed by atoms with Gasteiger partial charge in [-0.1, -0.05) is 41.9 Å². The topological polar surface area (TPSA) is 88.5 Å². The van der Waals surface area contributed by atoms with Gasteiger partial charge >= 0.3 is 12.1 Å². The number of amides is 1. The van der Waals surface area contributed by atoms with Crippen molar-refractivity contribution < 1.29 is 32.6 Å². The van der Waals surface area contributed by atoms with Gasteiger partial charge in [-0.25, -0.2) is 4.98 Å². The van der Waals surface area contributed by atoms with Crippen LogP contribution >= 0.6 is 11.6 Å². The van der Waals surface area contributed by atoms with Gasteiger partial charge in [0, 0.05) is 16.8 Å². The highest BCUT2D eigenvalue weighted by Crippen LogP contribution is 2.35. The number of carboxylic acids is 1. The Labute approximate surface area is 192 Å². The molecule has 1 heterocycles. The summed E-state index contributed by atoms with van der Waals surface area (Å²) in [6, 6.07) is 11.4. The van der Waals surface area contributed by atoms with E-state index in [-0.39, 0.29) is 27.6 Å². The number of pyridine rings is 1. The van der Waals surface area contributed by atoms with Crippen molar-refractivity contribution in [2.24, 2.45) is 0 Å². The molecule has 0 radical (unpaired) electrons. The quantitative estimate of drug-likeness (QED) is 0.476. The van der Waals surface area contributed by atoms with Gasteiger partial charge in [-0.15, -0.1) is 0 Å². The van der Waals surface area contributed by atoms with Gasteiger partial charge in [-0.3, -0.25) is 9.59 Å². The zero-order valence-electron chi connectivity index (χ0n) is 17.2. The van der Waals surface area contributed by atoms with Crippen molar-refractivity contribution in [3.05, 3.63) is 82.5 Å². The number of halogens is 4. The molecule has 3 rings (SSSR count). The predicted octanol–water partition coefficient (Wildman–Crippen LogP) is 5.38. The summed E-state index contributed by atoms with van der Waals surface area (Å²) in [7, 11) is 1.31. The summed E-state index contributed by atoms with van der Waals surface area (Å²) in [5.74, 6) is -1.80. The van der Waals surface area contributed by atoms with Gasteiger partial charge in [-0.2, -0.15) is 13.2 Å². The number of carboxylic acid groups (broad SMARTS) is 1. The zero-order chi connectivity index (χ0) is 24.2. The smallest absolute Gasteiger partial charge is 0.416 e. The van der Waals surface area contributed by atoms with Gasteiger partial charge in [0.25, 0.3) is 5.91 Å². The number of ether oxygens (including phenoxy) is 1. The molecule has 3 aromatic rings. The Kier molecular flexibility index (Phi) is 7.23. The Bertz CT molecular complexity index is 1180. The van der Waals surface area contributed by atoms with Crippen LogP contribution in [0.1, 0.15) is 33.9 Å². The molecule has 0 saturated heterocycles. The zero-order valence-corrected chi connectivity index (χ0v) is 17.9. The Hall–Kier alpha value is -3.59. The summed E-state index contributed by atoms with van der Waals surface area (Å²) in [5, 5.41) is 12.1. The molecule has 2 aromatic carbocycles. The molecular weight excluding hydrogens is 461 g/mol. The number of nitrogens with one attached hydrogen (secondary N) is 1. The van der Waals surface area contributed by atoms with Crippen molar-refractivity contribution in [1.82, 2.24) is 10.3 Å². The maximum Gasteiger partial charge on any atom is 0.416 e. The molecule has 0 aliphatic rings. The van der Waals surface area contributed by atoms with Crippen molar-refractivity contribution in [2.45, 2.75) is 18.6 Å². The van der Waals surface area contributed by atoms with Gasteiger partial charge in [-0.05, 0) is 35.4 Å². The molecule has 0 saturated carbocycles. The number of benzene rings is 2. The van der Waals surface area contributed by atoms with Crippen molar-refractivity contribution in [3.63, 3.8) is 0 Å². The highest BCUT2D eigenvalue weighted by atomic mass is 35.5. The number of methoxy groups -OCH3 is 1. The number of aliphatic carboxylic acids is 1. The summed E-state index contributed by atoms with van der Waals surface area (Å²) in [6.07, 6.45) is -3.79. The third kappa shape index (κ3) is 5.81.